The van der Waals surface area contributed by atoms with Crippen LogP contribution in [0.15, 0.2) is 24.3 Å². The van der Waals surface area contributed by atoms with Gasteiger partial charge in [-0.3, -0.25) is 48.1 Å². The highest BCUT2D eigenvalue weighted by molar-refractivity contribution is 7.46. The molecule has 306 valence electrons. The molecule has 0 saturated carbocycles. The lowest BCUT2D eigenvalue weighted by molar-refractivity contribution is -0.142. The van der Waals surface area contributed by atoms with Gasteiger partial charge in [0.1, 0.15) is 42.0 Å². The maximum absolute atomic E-state index is 13.6. The number of rotatable bonds is 20. The summed E-state index contributed by atoms with van der Waals surface area (Å²) >= 11 is 0. The summed E-state index contributed by atoms with van der Waals surface area (Å²) in [6, 6.07) is -2.30. The molecule has 21 nitrogen and oxygen atoms in total. The molecule has 55 heavy (non-hydrogen) atoms. The van der Waals surface area contributed by atoms with Crippen LogP contribution in [0.5, 0.6) is 5.75 Å². The van der Waals surface area contributed by atoms with Gasteiger partial charge in [0.25, 0.3) is 0 Å². The highest BCUT2D eigenvalue weighted by Crippen LogP contribution is 2.37. The molecule has 0 aliphatic carbocycles. The number of hydrogen-bond acceptors (Lipinski definition) is 11. The Morgan fingerprint density at radius 1 is 0.855 bits per heavy atom. The first kappa shape index (κ1) is 46.0. The second kappa shape index (κ2) is 20.5. The first-order valence-electron chi connectivity index (χ1n) is 17.4. The standard InChI is InChI=1S/C33H51N8O13P/c1-16(2)26(28(35)45)39-32(49)27(18(4)42)40-29(46)22(12-13-25(34)44)38-31(48)24-7-6-14-41(24)33(50)17(3)36-30(47)23(37-19(5)43)15-20-8-10-21(11-9-20)54-55(51,52)53/h8-11,16-18,22-24,26-27,42H,6-7,12-15H2,1-5H3,(H2,34,44)(H2,35,45)(H,36,47)(H,37,43)(H,38,48)(H,39,49)(H,40,46)(H2,51,52,53)/t17-,18?,22-,23-,24-,26-,27-/m0/s1. The van der Waals surface area contributed by atoms with Gasteiger partial charge >= 0.3 is 7.82 Å². The molecule has 2 rings (SSSR count). The summed E-state index contributed by atoms with van der Waals surface area (Å²) in [5.41, 5.74) is 11.1. The van der Waals surface area contributed by atoms with Gasteiger partial charge in [-0.15, -0.1) is 0 Å². The fourth-order valence-electron chi connectivity index (χ4n) is 5.73. The summed E-state index contributed by atoms with van der Waals surface area (Å²) in [7, 11) is -4.80. The van der Waals surface area contributed by atoms with Crippen molar-refractivity contribution in [2.45, 2.75) is 109 Å². The molecule has 1 fully saturated rings. The number of likely N-dealkylation sites (tertiary alicyclic amines) is 1. The first-order valence-corrected chi connectivity index (χ1v) is 18.9. The zero-order valence-corrected chi connectivity index (χ0v) is 32.0. The molecule has 7 atom stereocenters. The Morgan fingerprint density at radius 3 is 1.95 bits per heavy atom. The molecule has 1 aliphatic rings. The molecule has 12 N–H and O–H groups in total. The molecule has 1 unspecified atom stereocenters. The Hall–Kier alpha value is -5.11. The van der Waals surface area contributed by atoms with Crippen molar-refractivity contribution in [3.63, 3.8) is 0 Å². The number of hydrogen-bond donors (Lipinski definition) is 10. The molecule has 0 bridgehead atoms. The van der Waals surface area contributed by atoms with Crippen molar-refractivity contribution in [2.75, 3.05) is 6.54 Å². The van der Waals surface area contributed by atoms with Crippen molar-refractivity contribution in [1.82, 2.24) is 31.5 Å². The van der Waals surface area contributed by atoms with Crippen LogP contribution in [0.2, 0.25) is 0 Å². The van der Waals surface area contributed by atoms with Crippen molar-refractivity contribution in [1.29, 1.82) is 0 Å². The number of phosphoric ester groups is 1. The van der Waals surface area contributed by atoms with Gasteiger partial charge in [0, 0.05) is 26.3 Å². The maximum atomic E-state index is 13.6. The van der Waals surface area contributed by atoms with Crippen molar-refractivity contribution in [2.24, 2.45) is 17.4 Å². The van der Waals surface area contributed by atoms with Gasteiger partial charge in [-0.25, -0.2) is 4.57 Å². The van der Waals surface area contributed by atoms with E-state index in [9.17, 15) is 48.0 Å². The Bertz CT molecular complexity index is 1630. The second-order valence-electron chi connectivity index (χ2n) is 13.5. The van der Waals surface area contributed by atoms with E-state index in [1.807, 2.05) is 0 Å². The minimum atomic E-state index is -4.80. The quantitative estimate of drug-likeness (QED) is 0.0587. The maximum Gasteiger partial charge on any atom is 0.524 e. The van der Waals surface area contributed by atoms with Crippen LogP contribution in [0.25, 0.3) is 0 Å². The Balaban J connectivity index is 2.18. The van der Waals surface area contributed by atoms with Crippen LogP contribution in [0, 0.1) is 5.92 Å². The molecule has 22 heteroatoms. The van der Waals surface area contributed by atoms with Gasteiger partial charge in [0.2, 0.25) is 47.3 Å². The van der Waals surface area contributed by atoms with Crippen molar-refractivity contribution < 1.29 is 62.3 Å². The summed E-state index contributed by atoms with van der Waals surface area (Å²) in [6.45, 7) is 7.11. The highest BCUT2D eigenvalue weighted by atomic mass is 31.2. The summed E-state index contributed by atoms with van der Waals surface area (Å²) in [6.07, 6.45) is -1.68. The van der Waals surface area contributed by atoms with Gasteiger partial charge in [-0.2, -0.15) is 0 Å². The molecule has 0 aromatic heterocycles. The summed E-state index contributed by atoms with van der Waals surface area (Å²) in [4.78, 5) is 121. The number of carbonyl (C=O) groups is 8. The molecule has 0 spiro atoms. The number of aliphatic hydroxyl groups excluding tert-OH is 1. The summed E-state index contributed by atoms with van der Waals surface area (Å²) < 4.78 is 15.6. The third-order valence-electron chi connectivity index (χ3n) is 8.50. The lowest BCUT2D eigenvalue weighted by atomic mass is 10.0. The average molecular weight is 799 g/mol. The van der Waals surface area contributed by atoms with Gasteiger partial charge < -0.3 is 52.6 Å². The smallest absolute Gasteiger partial charge is 0.404 e. The Labute approximate surface area is 317 Å². The number of amides is 8. The molecule has 1 saturated heterocycles. The lowest BCUT2D eigenvalue weighted by Gasteiger charge is -2.30. The van der Waals surface area contributed by atoms with Crippen LogP contribution in [0.1, 0.15) is 65.9 Å². The van der Waals surface area contributed by atoms with Gasteiger partial charge in [-0.1, -0.05) is 26.0 Å². The molecular formula is C33H51N8O13P. The zero-order valence-electron chi connectivity index (χ0n) is 31.1. The number of aliphatic hydroxyl groups is 1. The fourth-order valence-corrected chi connectivity index (χ4v) is 6.13. The summed E-state index contributed by atoms with van der Waals surface area (Å²) in [5, 5.41) is 22.5. The number of nitrogens with zero attached hydrogens (tertiary/aromatic N) is 1. The van der Waals surface area contributed by atoms with E-state index in [1.54, 1.807) is 13.8 Å². The number of nitrogens with one attached hydrogen (secondary N) is 5. The van der Waals surface area contributed by atoms with Crippen LogP contribution < -0.4 is 42.6 Å². The normalized spacial score (nSPS) is 17.4. The van der Waals surface area contributed by atoms with E-state index in [4.69, 9.17) is 21.3 Å². The third kappa shape index (κ3) is 14.9. The number of primary amides is 2. The monoisotopic (exact) mass is 798 g/mol. The van der Waals surface area contributed by atoms with Gasteiger partial charge in [-0.05, 0) is 56.7 Å². The van der Waals surface area contributed by atoms with Crippen molar-refractivity contribution >= 4 is 55.1 Å². The molecule has 1 aromatic carbocycles. The van der Waals surface area contributed by atoms with Gasteiger partial charge in [0.15, 0.2) is 0 Å². The zero-order chi connectivity index (χ0) is 41.8. The SMILES string of the molecule is CC(=O)N[C@@H](Cc1ccc(OP(=O)(O)O)cc1)C(=O)N[C@@H](C)C(=O)N1CCC[C@H]1C(=O)N[C@@H](CCC(N)=O)C(=O)N[C@H](C(=O)N[C@H](C(N)=O)C(C)C)C(C)O. The largest absolute Gasteiger partial charge is 0.524 e. The lowest BCUT2D eigenvalue weighted by Crippen LogP contribution is -2.61. The van der Waals surface area contributed by atoms with E-state index in [2.05, 4.69) is 31.1 Å². The Kier molecular flexibility index (Phi) is 17.2. The average Bonchev–Trinajstić information content (AvgIpc) is 3.56. The molecular weight excluding hydrogens is 747 g/mol. The van der Waals surface area contributed by atoms with E-state index in [1.165, 1.54) is 49.9 Å². The summed E-state index contributed by atoms with van der Waals surface area (Å²) in [5.74, 6) is -6.86. The number of nitrogens with two attached hydrogens (primary N) is 2. The highest BCUT2D eigenvalue weighted by Gasteiger charge is 2.39. The van der Waals surface area contributed by atoms with E-state index in [-0.39, 0.29) is 38.0 Å². The third-order valence-corrected chi connectivity index (χ3v) is 8.94. The molecule has 8 amide bonds. The number of carbonyl (C=O) groups excluding carboxylic acids is 8. The minimum Gasteiger partial charge on any atom is -0.404 e. The van der Waals surface area contributed by atoms with E-state index in [0.29, 0.717) is 12.0 Å². The predicted octanol–water partition coefficient (Wildman–Crippen LogP) is -3.06. The van der Waals surface area contributed by atoms with Crippen LogP contribution >= 0.6 is 7.82 Å². The van der Waals surface area contributed by atoms with Crippen LogP contribution in [0.3, 0.4) is 0 Å². The second-order valence-corrected chi connectivity index (χ2v) is 14.7. The van der Waals surface area contributed by atoms with Crippen molar-refractivity contribution in [3.8, 4) is 5.75 Å². The molecule has 1 heterocycles. The Morgan fingerprint density at radius 2 is 1.44 bits per heavy atom. The topological polar surface area (TPSA) is 339 Å². The van der Waals surface area contributed by atoms with Crippen LogP contribution in [-0.4, -0.2) is 116 Å². The molecule has 1 aliphatic heterocycles. The van der Waals surface area contributed by atoms with Crippen LogP contribution in [0.4, 0.5) is 0 Å². The molecule has 1 aromatic rings. The first-order chi connectivity index (χ1) is 25.5. The van der Waals surface area contributed by atoms with E-state index < -0.39 is 103 Å². The van der Waals surface area contributed by atoms with Crippen LogP contribution in [-0.2, 0) is 49.3 Å². The fraction of sp³-hybridized carbons (Fsp3) is 0.576. The van der Waals surface area contributed by atoms with Crippen molar-refractivity contribution in [3.05, 3.63) is 29.8 Å². The molecule has 0 radical (unpaired) electrons. The van der Waals surface area contributed by atoms with E-state index in [0.717, 1.165) is 0 Å². The van der Waals surface area contributed by atoms with Gasteiger partial charge in [0.05, 0.1) is 6.10 Å². The number of phosphoric acid groups is 1. The number of benzene rings is 1. The predicted molar refractivity (Wildman–Crippen MR) is 193 cm³/mol. The minimum absolute atomic E-state index is 0.0763. The van der Waals surface area contributed by atoms with E-state index >= 15 is 0 Å².